The molecule has 0 saturated heterocycles. The lowest BCUT2D eigenvalue weighted by Gasteiger charge is -2.05. The number of ether oxygens (including phenoxy) is 2. The van der Waals surface area contributed by atoms with Crippen molar-refractivity contribution < 1.29 is 13.9 Å². The minimum atomic E-state index is 0. The highest BCUT2D eigenvalue weighted by molar-refractivity contribution is 14.0. The first-order valence-corrected chi connectivity index (χ1v) is 7.04. The molecule has 1 aromatic heterocycles. The highest BCUT2D eigenvalue weighted by Crippen LogP contribution is 2.01. The number of furan rings is 1. The van der Waals surface area contributed by atoms with E-state index in [4.69, 9.17) is 19.6 Å². The van der Waals surface area contributed by atoms with Gasteiger partial charge in [-0.2, -0.15) is 0 Å². The largest absolute Gasteiger partial charge is 0.467 e. The van der Waals surface area contributed by atoms with Crippen LogP contribution >= 0.6 is 24.0 Å². The summed E-state index contributed by atoms with van der Waals surface area (Å²) >= 11 is 0. The van der Waals surface area contributed by atoms with Crippen molar-refractivity contribution in [2.75, 3.05) is 32.9 Å². The zero-order valence-electron chi connectivity index (χ0n) is 12.5. The summed E-state index contributed by atoms with van der Waals surface area (Å²) in [4.78, 5) is 4.22. The number of halogens is 1. The molecule has 0 fully saturated rings. The molecule has 0 spiro atoms. The monoisotopic (exact) mass is 411 g/mol. The SMILES string of the molecule is CCOCCCNC(N)=NCCCOCc1ccco1.I. The van der Waals surface area contributed by atoms with Crippen molar-refractivity contribution in [3.63, 3.8) is 0 Å². The third kappa shape index (κ3) is 11.5. The quantitative estimate of drug-likeness (QED) is 0.252. The summed E-state index contributed by atoms with van der Waals surface area (Å²) in [5.41, 5.74) is 5.72. The van der Waals surface area contributed by atoms with E-state index in [0.717, 1.165) is 38.4 Å². The minimum Gasteiger partial charge on any atom is -0.467 e. The Morgan fingerprint density at radius 2 is 2.14 bits per heavy atom. The van der Waals surface area contributed by atoms with Gasteiger partial charge in [0.1, 0.15) is 12.4 Å². The lowest BCUT2D eigenvalue weighted by molar-refractivity contribution is 0.105. The first kappa shape index (κ1) is 20.2. The van der Waals surface area contributed by atoms with E-state index >= 15 is 0 Å². The molecular weight excluding hydrogens is 385 g/mol. The average molecular weight is 411 g/mol. The van der Waals surface area contributed by atoms with Crippen LogP contribution in [-0.4, -0.2) is 38.9 Å². The highest BCUT2D eigenvalue weighted by Gasteiger charge is 1.95. The van der Waals surface area contributed by atoms with Crippen LogP contribution in [0.25, 0.3) is 0 Å². The Bertz CT molecular complexity index is 358. The summed E-state index contributed by atoms with van der Waals surface area (Å²) in [6.45, 7) is 6.06. The Balaban J connectivity index is 0.00000400. The maximum atomic E-state index is 5.72. The second-order valence-electron chi connectivity index (χ2n) is 4.23. The molecule has 0 saturated carbocycles. The molecule has 122 valence electrons. The summed E-state index contributed by atoms with van der Waals surface area (Å²) in [5.74, 6) is 1.32. The number of nitrogens with zero attached hydrogens (tertiary/aromatic N) is 1. The van der Waals surface area contributed by atoms with Crippen LogP contribution in [0.1, 0.15) is 25.5 Å². The number of guanidine groups is 1. The van der Waals surface area contributed by atoms with E-state index < -0.39 is 0 Å². The maximum absolute atomic E-state index is 5.72. The lowest BCUT2D eigenvalue weighted by atomic mass is 10.4. The molecule has 1 heterocycles. The molecule has 6 nitrogen and oxygen atoms in total. The summed E-state index contributed by atoms with van der Waals surface area (Å²) in [6, 6.07) is 3.74. The van der Waals surface area contributed by atoms with Gasteiger partial charge < -0.3 is 24.9 Å². The van der Waals surface area contributed by atoms with Crippen molar-refractivity contribution in [3.8, 4) is 0 Å². The number of hydrogen-bond donors (Lipinski definition) is 2. The molecule has 0 aliphatic carbocycles. The normalized spacial score (nSPS) is 11.2. The van der Waals surface area contributed by atoms with E-state index in [2.05, 4.69) is 10.3 Å². The summed E-state index contributed by atoms with van der Waals surface area (Å²) in [6.07, 6.45) is 3.40. The van der Waals surface area contributed by atoms with E-state index in [1.807, 2.05) is 19.1 Å². The molecule has 1 rings (SSSR count). The van der Waals surface area contributed by atoms with Crippen molar-refractivity contribution in [1.29, 1.82) is 0 Å². The van der Waals surface area contributed by atoms with Crippen LogP contribution in [0.5, 0.6) is 0 Å². The lowest BCUT2D eigenvalue weighted by Crippen LogP contribution is -2.33. The topological polar surface area (TPSA) is 82.0 Å². The van der Waals surface area contributed by atoms with Crippen molar-refractivity contribution in [2.24, 2.45) is 10.7 Å². The number of rotatable bonds is 11. The summed E-state index contributed by atoms with van der Waals surface area (Å²) in [5, 5.41) is 3.05. The van der Waals surface area contributed by atoms with Crippen molar-refractivity contribution in [1.82, 2.24) is 5.32 Å². The molecule has 1 aromatic rings. The van der Waals surface area contributed by atoms with Gasteiger partial charge in [-0.25, -0.2) is 0 Å². The van der Waals surface area contributed by atoms with Gasteiger partial charge in [0.25, 0.3) is 0 Å². The summed E-state index contributed by atoms with van der Waals surface area (Å²) in [7, 11) is 0. The van der Waals surface area contributed by atoms with Gasteiger partial charge in [-0.05, 0) is 31.9 Å². The van der Waals surface area contributed by atoms with Crippen LogP contribution in [0, 0.1) is 0 Å². The number of aliphatic imine (C=N–C) groups is 1. The third-order valence-electron chi connectivity index (χ3n) is 2.53. The molecule has 0 bridgehead atoms. The standard InChI is InChI=1S/C14H25N3O3.HI/c1-2-18-9-4-7-16-14(15)17-8-5-10-19-12-13-6-3-11-20-13;/h3,6,11H,2,4-5,7-10,12H2,1H3,(H3,15,16,17);1H. The van der Waals surface area contributed by atoms with Crippen LogP contribution < -0.4 is 11.1 Å². The smallest absolute Gasteiger partial charge is 0.188 e. The second kappa shape index (κ2) is 14.2. The van der Waals surface area contributed by atoms with Gasteiger partial charge in [-0.3, -0.25) is 4.99 Å². The fraction of sp³-hybridized carbons (Fsp3) is 0.643. The average Bonchev–Trinajstić information content (AvgIpc) is 2.95. The van der Waals surface area contributed by atoms with Gasteiger partial charge in [0.2, 0.25) is 0 Å². The van der Waals surface area contributed by atoms with Crippen LogP contribution in [0.4, 0.5) is 0 Å². The van der Waals surface area contributed by atoms with Gasteiger partial charge >= 0.3 is 0 Å². The van der Waals surface area contributed by atoms with E-state index in [1.165, 1.54) is 0 Å². The third-order valence-corrected chi connectivity index (χ3v) is 2.53. The zero-order chi connectivity index (χ0) is 14.5. The molecule has 0 aliphatic heterocycles. The molecule has 0 amide bonds. The van der Waals surface area contributed by atoms with E-state index in [9.17, 15) is 0 Å². The molecular formula is C14H26IN3O3. The second-order valence-corrected chi connectivity index (χ2v) is 4.23. The minimum absolute atomic E-state index is 0. The van der Waals surface area contributed by atoms with Crippen LogP contribution in [0.3, 0.4) is 0 Å². The Hall–Kier alpha value is -0.800. The highest BCUT2D eigenvalue weighted by atomic mass is 127. The Kier molecular flexibility index (Phi) is 13.6. The van der Waals surface area contributed by atoms with E-state index in [-0.39, 0.29) is 24.0 Å². The van der Waals surface area contributed by atoms with Gasteiger partial charge in [-0.15, -0.1) is 24.0 Å². The number of hydrogen-bond acceptors (Lipinski definition) is 4. The molecule has 0 atom stereocenters. The Morgan fingerprint density at radius 1 is 1.33 bits per heavy atom. The van der Waals surface area contributed by atoms with Gasteiger partial charge in [0, 0.05) is 32.9 Å². The van der Waals surface area contributed by atoms with E-state index in [0.29, 0.717) is 25.7 Å². The van der Waals surface area contributed by atoms with Crippen molar-refractivity contribution in [2.45, 2.75) is 26.4 Å². The van der Waals surface area contributed by atoms with Crippen LogP contribution in [-0.2, 0) is 16.1 Å². The fourth-order valence-corrected chi connectivity index (χ4v) is 1.52. The number of nitrogens with one attached hydrogen (secondary N) is 1. The Labute approximate surface area is 143 Å². The van der Waals surface area contributed by atoms with Crippen molar-refractivity contribution >= 4 is 29.9 Å². The van der Waals surface area contributed by atoms with Crippen LogP contribution in [0.15, 0.2) is 27.8 Å². The molecule has 0 aliphatic rings. The fourth-order valence-electron chi connectivity index (χ4n) is 1.52. The van der Waals surface area contributed by atoms with Gasteiger partial charge in [-0.1, -0.05) is 0 Å². The molecule has 7 heteroatoms. The first-order valence-electron chi connectivity index (χ1n) is 7.04. The zero-order valence-corrected chi connectivity index (χ0v) is 14.9. The van der Waals surface area contributed by atoms with E-state index in [1.54, 1.807) is 6.26 Å². The molecule has 0 unspecified atom stereocenters. The molecule has 3 N–H and O–H groups in total. The van der Waals surface area contributed by atoms with Gasteiger partial charge in [0.15, 0.2) is 5.96 Å². The molecule has 21 heavy (non-hydrogen) atoms. The first-order chi connectivity index (χ1) is 9.83. The maximum Gasteiger partial charge on any atom is 0.188 e. The van der Waals surface area contributed by atoms with Crippen molar-refractivity contribution in [3.05, 3.63) is 24.2 Å². The molecule has 0 radical (unpaired) electrons. The Morgan fingerprint density at radius 3 is 2.86 bits per heavy atom. The van der Waals surface area contributed by atoms with Gasteiger partial charge in [0.05, 0.1) is 6.26 Å². The summed E-state index contributed by atoms with van der Waals surface area (Å²) < 4.78 is 15.8. The molecule has 0 aromatic carbocycles. The predicted octanol–water partition coefficient (Wildman–Crippen LogP) is 2.14. The van der Waals surface area contributed by atoms with Crippen LogP contribution in [0.2, 0.25) is 0 Å². The number of nitrogens with two attached hydrogens (primary N) is 1. The predicted molar refractivity (Wildman–Crippen MR) is 94.0 cm³/mol.